The molecule has 2 heterocycles. The Bertz CT molecular complexity index is 899. The minimum absolute atomic E-state index is 0.216. The molecule has 0 atom stereocenters. The molecule has 2 aliphatic heterocycles. The highest BCUT2D eigenvalue weighted by Gasteiger charge is 2.42. The molecule has 5 heteroatoms. The summed E-state index contributed by atoms with van der Waals surface area (Å²) in [7, 11) is 1.58. The van der Waals surface area contributed by atoms with E-state index in [1.807, 2.05) is 59.5 Å². The van der Waals surface area contributed by atoms with Gasteiger partial charge in [0.2, 0.25) is 0 Å². The number of nitrogens with zero attached hydrogens (tertiary/aromatic N) is 2. The molecule has 2 aliphatic rings. The van der Waals surface area contributed by atoms with Gasteiger partial charge in [0.05, 0.1) is 19.2 Å². The zero-order valence-electron chi connectivity index (χ0n) is 15.4. The molecule has 4 rings (SSSR count). The van der Waals surface area contributed by atoms with Crippen molar-refractivity contribution in [3.05, 3.63) is 71.4 Å². The van der Waals surface area contributed by atoms with Crippen LogP contribution in [0.4, 0.5) is 0 Å². The molecule has 0 aliphatic carbocycles. The molecule has 0 unspecified atom stereocenters. The van der Waals surface area contributed by atoms with E-state index in [0.29, 0.717) is 22.6 Å². The molecule has 0 spiro atoms. The highest BCUT2D eigenvalue weighted by Crippen LogP contribution is 2.37. The number of carbonyl (C=O) groups excluding carboxylic acids is 2. The fourth-order valence-corrected chi connectivity index (χ4v) is 3.80. The smallest absolute Gasteiger partial charge is 0.278 e. The number of ether oxygens (including phenoxy) is 1. The van der Waals surface area contributed by atoms with Gasteiger partial charge in [0.1, 0.15) is 11.4 Å². The Morgan fingerprint density at radius 2 is 1.56 bits per heavy atom. The van der Waals surface area contributed by atoms with E-state index in [-0.39, 0.29) is 18.4 Å². The van der Waals surface area contributed by atoms with Crippen LogP contribution in [0.25, 0.3) is 5.57 Å². The van der Waals surface area contributed by atoms with Gasteiger partial charge in [-0.3, -0.25) is 14.5 Å². The van der Waals surface area contributed by atoms with E-state index in [9.17, 15) is 9.59 Å². The van der Waals surface area contributed by atoms with Crippen LogP contribution >= 0.6 is 0 Å². The molecule has 2 aromatic carbocycles. The van der Waals surface area contributed by atoms with Crippen LogP contribution in [0, 0.1) is 0 Å². The zero-order valence-corrected chi connectivity index (χ0v) is 15.4. The summed E-state index contributed by atoms with van der Waals surface area (Å²) in [6.45, 7) is 1.87. The van der Waals surface area contributed by atoms with Crippen molar-refractivity contribution in [2.75, 3.05) is 20.2 Å². The van der Waals surface area contributed by atoms with Gasteiger partial charge in [-0.05, 0) is 24.5 Å². The first-order valence-electron chi connectivity index (χ1n) is 9.23. The quantitative estimate of drug-likeness (QED) is 0.767. The zero-order chi connectivity index (χ0) is 18.8. The van der Waals surface area contributed by atoms with E-state index >= 15 is 0 Å². The average Bonchev–Trinajstić information content (AvgIpc) is 3.31. The predicted molar refractivity (Wildman–Crippen MR) is 103 cm³/mol. The Morgan fingerprint density at radius 3 is 2.26 bits per heavy atom. The molecule has 138 valence electrons. The fourth-order valence-electron chi connectivity index (χ4n) is 3.80. The van der Waals surface area contributed by atoms with Crippen molar-refractivity contribution in [1.29, 1.82) is 0 Å². The molecule has 0 saturated carbocycles. The maximum Gasteiger partial charge on any atom is 0.278 e. The van der Waals surface area contributed by atoms with E-state index in [2.05, 4.69) is 0 Å². The maximum atomic E-state index is 13.3. The predicted octanol–water partition coefficient (Wildman–Crippen LogP) is 3.07. The first-order valence-corrected chi connectivity index (χ1v) is 9.23. The number of methoxy groups -OCH3 is 1. The summed E-state index contributed by atoms with van der Waals surface area (Å²) in [4.78, 5) is 30.0. The van der Waals surface area contributed by atoms with Gasteiger partial charge < -0.3 is 9.64 Å². The summed E-state index contributed by atoms with van der Waals surface area (Å²) in [6.07, 6.45) is 2.06. The van der Waals surface area contributed by atoms with Crippen molar-refractivity contribution in [2.45, 2.75) is 19.4 Å². The van der Waals surface area contributed by atoms with Crippen LogP contribution in [0.15, 0.2) is 60.3 Å². The van der Waals surface area contributed by atoms with E-state index in [4.69, 9.17) is 4.74 Å². The van der Waals surface area contributed by atoms with Gasteiger partial charge in [0.25, 0.3) is 11.8 Å². The van der Waals surface area contributed by atoms with Crippen molar-refractivity contribution in [3.63, 3.8) is 0 Å². The maximum absolute atomic E-state index is 13.3. The molecule has 0 aromatic heterocycles. The van der Waals surface area contributed by atoms with Crippen LogP contribution in [-0.4, -0.2) is 41.8 Å². The molecule has 0 bridgehead atoms. The third-order valence-electron chi connectivity index (χ3n) is 5.13. The first kappa shape index (κ1) is 17.3. The monoisotopic (exact) mass is 362 g/mol. The van der Waals surface area contributed by atoms with Crippen molar-refractivity contribution >= 4 is 17.4 Å². The second-order valence-electron chi connectivity index (χ2n) is 6.80. The molecule has 1 saturated heterocycles. The minimum Gasteiger partial charge on any atom is -0.496 e. The normalized spacial score (nSPS) is 17.2. The number of carbonyl (C=O) groups is 2. The summed E-state index contributed by atoms with van der Waals surface area (Å²) in [5.74, 6) is 0.133. The Morgan fingerprint density at radius 1 is 0.889 bits per heavy atom. The van der Waals surface area contributed by atoms with Crippen molar-refractivity contribution < 1.29 is 14.3 Å². The van der Waals surface area contributed by atoms with Crippen molar-refractivity contribution in [1.82, 2.24) is 9.80 Å². The average molecular weight is 362 g/mol. The number of hydrogen-bond donors (Lipinski definition) is 0. The first-order chi connectivity index (χ1) is 13.2. The van der Waals surface area contributed by atoms with Crippen LogP contribution in [-0.2, 0) is 16.1 Å². The second-order valence-corrected chi connectivity index (χ2v) is 6.80. The molecule has 5 nitrogen and oxygen atoms in total. The SMILES string of the molecule is COc1ccccc1C1=C(N2CCCC2)C(=O)N(Cc2ccccc2)C1=O. The lowest BCUT2D eigenvalue weighted by atomic mass is 10.0. The standard InChI is InChI=1S/C22H22N2O3/c1-27-18-12-6-5-11-17(18)19-20(23-13-7-8-14-23)22(26)24(21(19)25)15-16-9-3-2-4-10-16/h2-6,9-12H,7-8,13-15H2,1H3. The van der Waals surface area contributed by atoms with Gasteiger partial charge in [0, 0.05) is 18.7 Å². The Kier molecular flexibility index (Phi) is 4.67. The highest BCUT2D eigenvalue weighted by atomic mass is 16.5. The number of likely N-dealkylation sites (tertiary alicyclic amines) is 1. The van der Waals surface area contributed by atoms with Gasteiger partial charge in [-0.1, -0.05) is 48.5 Å². The molecule has 27 heavy (non-hydrogen) atoms. The largest absolute Gasteiger partial charge is 0.496 e. The number of amides is 2. The number of para-hydroxylation sites is 1. The van der Waals surface area contributed by atoms with E-state index in [1.165, 1.54) is 4.90 Å². The highest BCUT2D eigenvalue weighted by molar-refractivity contribution is 6.35. The number of imide groups is 1. The second kappa shape index (κ2) is 7.27. The van der Waals surface area contributed by atoms with Gasteiger partial charge in [-0.25, -0.2) is 0 Å². The van der Waals surface area contributed by atoms with Gasteiger partial charge in [0.15, 0.2) is 0 Å². The topological polar surface area (TPSA) is 49.9 Å². The van der Waals surface area contributed by atoms with E-state index in [1.54, 1.807) is 7.11 Å². The van der Waals surface area contributed by atoms with Crippen LogP contribution in [0.3, 0.4) is 0 Å². The summed E-state index contributed by atoms with van der Waals surface area (Å²) in [5, 5.41) is 0. The number of hydrogen-bond acceptors (Lipinski definition) is 4. The van der Waals surface area contributed by atoms with Crippen molar-refractivity contribution in [3.8, 4) is 5.75 Å². The molecule has 0 radical (unpaired) electrons. The van der Waals surface area contributed by atoms with Crippen LogP contribution in [0.2, 0.25) is 0 Å². The Balaban J connectivity index is 1.78. The Hall–Kier alpha value is -3.08. The molecule has 2 aromatic rings. The third kappa shape index (κ3) is 3.10. The van der Waals surface area contributed by atoms with E-state index in [0.717, 1.165) is 31.5 Å². The number of rotatable bonds is 5. The third-order valence-corrected chi connectivity index (χ3v) is 5.13. The fraction of sp³-hybridized carbons (Fsp3) is 0.273. The lowest BCUT2D eigenvalue weighted by Gasteiger charge is -2.20. The van der Waals surface area contributed by atoms with Gasteiger partial charge >= 0.3 is 0 Å². The summed E-state index contributed by atoms with van der Waals surface area (Å²) in [5.41, 5.74) is 2.57. The summed E-state index contributed by atoms with van der Waals surface area (Å²) < 4.78 is 5.47. The lowest BCUT2D eigenvalue weighted by Crippen LogP contribution is -2.34. The Labute approximate surface area is 158 Å². The minimum atomic E-state index is -0.254. The summed E-state index contributed by atoms with van der Waals surface area (Å²) >= 11 is 0. The van der Waals surface area contributed by atoms with E-state index < -0.39 is 0 Å². The molecule has 0 N–H and O–H groups in total. The lowest BCUT2D eigenvalue weighted by molar-refractivity contribution is -0.138. The van der Waals surface area contributed by atoms with Crippen molar-refractivity contribution in [2.24, 2.45) is 0 Å². The summed E-state index contributed by atoms with van der Waals surface area (Å²) in [6, 6.07) is 17.0. The van der Waals surface area contributed by atoms with Gasteiger partial charge in [-0.2, -0.15) is 0 Å². The van der Waals surface area contributed by atoms with Gasteiger partial charge in [-0.15, -0.1) is 0 Å². The molecule has 1 fully saturated rings. The number of benzene rings is 2. The molecule has 2 amide bonds. The van der Waals surface area contributed by atoms with Crippen LogP contribution in [0.5, 0.6) is 5.75 Å². The van der Waals surface area contributed by atoms with Crippen LogP contribution < -0.4 is 4.74 Å². The molecular weight excluding hydrogens is 340 g/mol. The van der Waals surface area contributed by atoms with Crippen LogP contribution in [0.1, 0.15) is 24.0 Å². The molecular formula is C22H22N2O3.